The van der Waals surface area contributed by atoms with Crippen molar-refractivity contribution in [3.63, 3.8) is 0 Å². The van der Waals surface area contributed by atoms with Gasteiger partial charge in [0.05, 0.1) is 0 Å². The van der Waals surface area contributed by atoms with Crippen molar-refractivity contribution in [2.45, 2.75) is 316 Å². The Labute approximate surface area is 482 Å². The predicted molar refractivity (Wildman–Crippen MR) is 339 cm³/mol. The summed E-state index contributed by atoms with van der Waals surface area (Å²) >= 11 is 0. The molecule has 0 radical (unpaired) electrons. The maximum Gasteiger partial charge on any atom is 0.306 e. The molecule has 1 unspecified atom stereocenters. The monoisotopic (exact) mass is 1080 g/mol. The molecule has 446 valence electrons. The summed E-state index contributed by atoms with van der Waals surface area (Å²) < 4.78 is 16.9. The van der Waals surface area contributed by atoms with Crippen molar-refractivity contribution in [3.05, 3.63) is 109 Å². The van der Waals surface area contributed by atoms with Crippen LogP contribution in [0.15, 0.2) is 109 Å². The Bertz CT molecular complexity index is 1570. The van der Waals surface area contributed by atoms with Crippen LogP contribution in [0, 0.1) is 0 Å². The molecule has 0 aliphatic rings. The molecule has 0 N–H and O–H groups in total. The van der Waals surface area contributed by atoms with Crippen LogP contribution < -0.4 is 0 Å². The van der Waals surface area contributed by atoms with E-state index in [1.54, 1.807) is 0 Å². The molecule has 0 spiro atoms. The highest BCUT2D eigenvalue weighted by molar-refractivity contribution is 5.71. The Morgan fingerprint density at radius 1 is 0.269 bits per heavy atom. The lowest BCUT2D eigenvalue weighted by molar-refractivity contribution is -0.167. The second kappa shape index (κ2) is 65.6. The predicted octanol–water partition coefficient (Wildman–Crippen LogP) is 22.6. The molecule has 0 fully saturated rings. The van der Waals surface area contributed by atoms with E-state index in [-0.39, 0.29) is 31.1 Å². The van der Waals surface area contributed by atoms with Crippen LogP contribution >= 0.6 is 0 Å². The summed E-state index contributed by atoms with van der Waals surface area (Å²) in [6, 6.07) is 0. The first-order valence-electron chi connectivity index (χ1n) is 32.9. The van der Waals surface area contributed by atoms with E-state index in [4.69, 9.17) is 14.2 Å². The molecule has 0 aromatic heterocycles. The Kier molecular flexibility index (Phi) is 62.3. The van der Waals surface area contributed by atoms with Crippen molar-refractivity contribution in [2.24, 2.45) is 0 Å². The van der Waals surface area contributed by atoms with E-state index >= 15 is 0 Å². The number of hydrogen-bond acceptors (Lipinski definition) is 6. The molecule has 0 amide bonds. The fraction of sp³-hybridized carbons (Fsp3) is 0.708. The van der Waals surface area contributed by atoms with E-state index in [0.717, 1.165) is 128 Å². The van der Waals surface area contributed by atoms with Crippen LogP contribution in [0.25, 0.3) is 0 Å². The molecule has 0 aliphatic carbocycles. The largest absolute Gasteiger partial charge is 0.462 e. The SMILES string of the molecule is CC/C=C\C/C=C\C/C=C\C/C=C\C/C=C\CCCCCCCCCCCCCCCC(=O)OCC(COC(=O)CCCCCCCCCCCCCCCC)OC(=O)CCCCCC/C=C\C/C=C\C/C=C\C/C=C\CC. The first-order valence-corrected chi connectivity index (χ1v) is 32.9. The van der Waals surface area contributed by atoms with Gasteiger partial charge in [-0.1, -0.05) is 297 Å². The average molecular weight is 1080 g/mol. The van der Waals surface area contributed by atoms with Crippen molar-refractivity contribution in [1.82, 2.24) is 0 Å². The fourth-order valence-corrected chi connectivity index (χ4v) is 9.17. The Morgan fingerprint density at radius 2 is 0.500 bits per heavy atom. The van der Waals surface area contributed by atoms with Crippen LogP contribution in [0.1, 0.15) is 310 Å². The van der Waals surface area contributed by atoms with Crippen LogP contribution in [0.4, 0.5) is 0 Å². The molecule has 0 bridgehead atoms. The number of hydrogen-bond donors (Lipinski definition) is 0. The summed E-state index contributed by atoms with van der Waals surface area (Å²) in [6.07, 6.45) is 89.6. The van der Waals surface area contributed by atoms with Gasteiger partial charge < -0.3 is 14.2 Å². The summed E-state index contributed by atoms with van der Waals surface area (Å²) in [4.78, 5) is 38.3. The maximum atomic E-state index is 12.9. The van der Waals surface area contributed by atoms with Crippen molar-refractivity contribution >= 4 is 17.9 Å². The van der Waals surface area contributed by atoms with Crippen molar-refractivity contribution in [1.29, 1.82) is 0 Å². The van der Waals surface area contributed by atoms with Crippen molar-refractivity contribution < 1.29 is 28.6 Å². The first kappa shape index (κ1) is 74.1. The minimum atomic E-state index is -0.792. The minimum Gasteiger partial charge on any atom is -0.462 e. The number of carbonyl (C=O) groups excluding carboxylic acids is 3. The second-order valence-electron chi connectivity index (χ2n) is 21.6. The molecular weight excluding hydrogens is 961 g/mol. The minimum absolute atomic E-state index is 0.0856. The van der Waals surface area contributed by atoms with Crippen molar-refractivity contribution in [2.75, 3.05) is 13.2 Å². The molecule has 0 aliphatic heterocycles. The molecule has 0 saturated carbocycles. The Hall–Kier alpha value is -3.93. The lowest BCUT2D eigenvalue weighted by atomic mass is 10.0. The molecule has 0 rings (SSSR count). The van der Waals surface area contributed by atoms with Gasteiger partial charge >= 0.3 is 17.9 Å². The van der Waals surface area contributed by atoms with Gasteiger partial charge in [0.25, 0.3) is 0 Å². The number of unbranched alkanes of at least 4 members (excludes halogenated alkanes) is 30. The Balaban J connectivity index is 4.29. The van der Waals surface area contributed by atoms with Crippen LogP contribution in [0.5, 0.6) is 0 Å². The summed E-state index contributed by atoms with van der Waals surface area (Å²) in [5, 5.41) is 0. The molecule has 1 atom stereocenters. The standard InChI is InChI=1S/C72H122O6/c1-4-7-10-13-16-19-22-25-28-30-31-32-33-34-35-36-37-38-39-40-41-43-44-47-50-53-56-59-62-65-71(74)77-68-69(67-76-70(73)64-61-58-55-52-49-46-27-24-21-18-15-12-9-6-3)78-72(75)66-63-60-57-54-51-48-45-42-29-26-23-20-17-14-11-8-5-2/h7-8,10-11,16-17,19-20,25-26,28-29,31-32,34-35,45,48,69H,4-6,9,12-15,18,21-24,27,30,33,36-44,46-47,49-68H2,1-3H3/b10-7-,11-8-,19-16-,20-17-,28-25-,29-26-,32-31-,35-34-,48-45-. The van der Waals surface area contributed by atoms with Gasteiger partial charge in [-0.25, -0.2) is 0 Å². The van der Waals surface area contributed by atoms with Crippen LogP contribution in [-0.4, -0.2) is 37.2 Å². The molecule has 0 aromatic rings. The number of rotatable bonds is 59. The van der Waals surface area contributed by atoms with Crippen LogP contribution in [0.2, 0.25) is 0 Å². The van der Waals surface area contributed by atoms with Gasteiger partial charge in [-0.2, -0.15) is 0 Å². The highest BCUT2D eigenvalue weighted by Crippen LogP contribution is 2.17. The van der Waals surface area contributed by atoms with Gasteiger partial charge in [-0.15, -0.1) is 0 Å². The van der Waals surface area contributed by atoms with E-state index < -0.39 is 6.10 Å². The van der Waals surface area contributed by atoms with Gasteiger partial charge in [0.1, 0.15) is 13.2 Å². The van der Waals surface area contributed by atoms with Gasteiger partial charge in [-0.3, -0.25) is 14.4 Å². The summed E-state index contributed by atoms with van der Waals surface area (Å²) in [6.45, 7) is 6.42. The first-order chi connectivity index (χ1) is 38.5. The number of carbonyl (C=O) groups is 3. The quantitative estimate of drug-likeness (QED) is 0.0261. The molecule has 6 nitrogen and oxygen atoms in total. The van der Waals surface area contributed by atoms with Gasteiger partial charge in [0.15, 0.2) is 6.10 Å². The normalized spacial score (nSPS) is 12.8. The molecule has 6 heteroatoms. The van der Waals surface area contributed by atoms with Gasteiger partial charge in [0.2, 0.25) is 0 Å². The highest BCUT2D eigenvalue weighted by Gasteiger charge is 2.19. The zero-order chi connectivity index (χ0) is 56.4. The number of allylic oxidation sites excluding steroid dienone is 18. The number of ether oxygens (including phenoxy) is 3. The van der Waals surface area contributed by atoms with E-state index in [9.17, 15) is 14.4 Å². The molecule has 0 saturated heterocycles. The molecular formula is C72H122O6. The number of esters is 3. The third-order valence-corrected chi connectivity index (χ3v) is 14.0. The van der Waals surface area contributed by atoms with Gasteiger partial charge in [-0.05, 0) is 103 Å². The zero-order valence-corrected chi connectivity index (χ0v) is 51.2. The van der Waals surface area contributed by atoms with Gasteiger partial charge in [0, 0.05) is 19.3 Å². The second-order valence-corrected chi connectivity index (χ2v) is 21.6. The fourth-order valence-electron chi connectivity index (χ4n) is 9.17. The zero-order valence-electron chi connectivity index (χ0n) is 51.2. The van der Waals surface area contributed by atoms with E-state index in [0.29, 0.717) is 19.3 Å². The molecule has 78 heavy (non-hydrogen) atoms. The lowest BCUT2D eigenvalue weighted by Gasteiger charge is -2.18. The third-order valence-electron chi connectivity index (χ3n) is 14.0. The maximum absolute atomic E-state index is 12.9. The van der Waals surface area contributed by atoms with Crippen LogP contribution in [0.3, 0.4) is 0 Å². The van der Waals surface area contributed by atoms with Crippen LogP contribution in [-0.2, 0) is 28.6 Å². The highest BCUT2D eigenvalue weighted by atomic mass is 16.6. The molecule has 0 heterocycles. The third kappa shape index (κ3) is 62.9. The smallest absolute Gasteiger partial charge is 0.306 e. The Morgan fingerprint density at radius 3 is 0.782 bits per heavy atom. The van der Waals surface area contributed by atoms with E-state index in [1.165, 1.54) is 141 Å². The van der Waals surface area contributed by atoms with E-state index in [1.807, 2.05) is 0 Å². The summed E-state index contributed by atoms with van der Waals surface area (Å²) in [5.41, 5.74) is 0. The summed E-state index contributed by atoms with van der Waals surface area (Å²) in [5.74, 6) is -0.900. The lowest BCUT2D eigenvalue weighted by Crippen LogP contribution is -2.30. The van der Waals surface area contributed by atoms with Crippen molar-refractivity contribution in [3.8, 4) is 0 Å². The van der Waals surface area contributed by atoms with E-state index in [2.05, 4.69) is 130 Å². The molecule has 0 aromatic carbocycles. The average Bonchev–Trinajstić information content (AvgIpc) is 3.44. The topological polar surface area (TPSA) is 78.9 Å². The summed E-state index contributed by atoms with van der Waals surface area (Å²) in [7, 11) is 0.